The van der Waals surface area contributed by atoms with Crippen molar-refractivity contribution in [3.63, 3.8) is 0 Å². The third-order valence-corrected chi connectivity index (χ3v) is 2.79. The predicted molar refractivity (Wildman–Crippen MR) is 60.2 cm³/mol. The van der Waals surface area contributed by atoms with Gasteiger partial charge in [-0.1, -0.05) is 43.0 Å². The summed E-state index contributed by atoms with van der Waals surface area (Å²) in [7, 11) is 0. The number of hydrogen-bond acceptors (Lipinski definition) is 2. The minimum absolute atomic E-state index is 0.239. The Balaban J connectivity index is 4.06. The van der Waals surface area contributed by atoms with Crippen LogP contribution in [0.4, 0.5) is 0 Å². The number of carbonyl (C=O) groups is 1. The molecule has 14 heavy (non-hydrogen) atoms. The van der Waals surface area contributed by atoms with E-state index in [1.54, 1.807) is 6.92 Å². The molecule has 0 radical (unpaired) electrons. The van der Waals surface area contributed by atoms with Gasteiger partial charge in [0.25, 0.3) is 0 Å². The van der Waals surface area contributed by atoms with Gasteiger partial charge in [0, 0.05) is 0 Å². The maximum absolute atomic E-state index is 11.4. The van der Waals surface area contributed by atoms with Crippen molar-refractivity contribution in [2.75, 3.05) is 5.88 Å². The molecule has 0 aliphatic heterocycles. The number of alkyl halides is 3. The normalized spacial score (nSPS) is 13.8. The summed E-state index contributed by atoms with van der Waals surface area (Å²) < 4.78 is 3.49. The highest BCUT2D eigenvalue weighted by molar-refractivity contribution is 6.57. The van der Waals surface area contributed by atoms with Crippen LogP contribution in [0.3, 0.4) is 0 Å². The van der Waals surface area contributed by atoms with Gasteiger partial charge in [-0.05, 0) is 13.3 Å². The van der Waals surface area contributed by atoms with Gasteiger partial charge in [-0.15, -0.1) is 11.6 Å². The van der Waals surface area contributed by atoms with E-state index in [2.05, 4.69) is 0 Å². The average molecular weight is 262 g/mol. The molecular formula is C9H15Cl3O2. The summed E-state index contributed by atoms with van der Waals surface area (Å²) in [6.07, 6.45) is 1.76. The second kappa shape index (κ2) is 6.76. The van der Waals surface area contributed by atoms with Crippen LogP contribution in [-0.2, 0) is 9.53 Å². The maximum atomic E-state index is 11.4. The van der Waals surface area contributed by atoms with Gasteiger partial charge in [0.2, 0.25) is 4.33 Å². The van der Waals surface area contributed by atoms with Gasteiger partial charge in [-0.2, -0.15) is 0 Å². The SMILES string of the molecule is CCCCC(Cl)(Cl)C(=O)OC(C)CCl. The summed E-state index contributed by atoms with van der Waals surface area (Å²) in [6.45, 7) is 3.69. The van der Waals surface area contributed by atoms with E-state index >= 15 is 0 Å². The van der Waals surface area contributed by atoms with E-state index in [1.165, 1.54) is 0 Å². The summed E-state index contributed by atoms with van der Waals surface area (Å²) >= 11 is 17.1. The molecule has 0 aromatic rings. The van der Waals surface area contributed by atoms with Gasteiger partial charge in [0.15, 0.2) is 0 Å². The molecule has 0 aliphatic rings. The van der Waals surface area contributed by atoms with Crippen LogP contribution < -0.4 is 0 Å². The molecule has 0 aromatic carbocycles. The lowest BCUT2D eigenvalue weighted by Gasteiger charge is -2.19. The first-order chi connectivity index (χ1) is 6.44. The maximum Gasteiger partial charge on any atom is 0.342 e. The minimum Gasteiger partial charge on any atom is -0.459 e. The molecule has 0 N–H and O–H groups in total. The van der Waals surface area contributed by atoms with Crippen molar-refractivity contribution >= 4 is 40.8 Å². The van der Waals surface area contributed by atoms with Crippen LogP contribution in [0.25, 0.3) is 0 Å². The summed E-state index contributed by atoms with van der Waals surface area (Å²) in [5.41, 5.74) is 0. The van der Waals surface area contributed by atoms with E-state index < -0.39 is 10.3 Å². The topological polar surface area (TPSA) is 26.3 Å². The molecule has 0 amide bonds. The Morgan fingerprint density at radius 3 is 2.50 bits per heavy atom. The zero-order valence-electron chi connectivity index (χ0n) is 8.36. The highest BCUT2D eigenvalue weighted by Gasteiger charge is 2.35. The summed E-state index contributed by atoms with van der Waals surface area (Å²) in [6, 6.07) is 0. The molecule has 0 saturated heterocycles. The van der Waals surface area contributed by atoms with Crippen molar-refractivity contribution in [2.45, 2.75) is 43.5 Å². The Hall–Kier alpha value is 0.340. The van der Waals surface area contributed by atoms with Crippen LogP contribution in [0.5, 0.6) is 0 Å². The highest BCUT2D eigenvalue weighted by atomic mass is 35.5. The number of carbonyl (C=O) groups excluding carboxylic acids is 1. The number of halogens is 3. The van der Waals surface area contributed by atoms with Gasteiger partial charge < -0.3 is 4.74 Å². The second-order valence-electron chi connectivity index (χ2n) is 3.18. The van der Waals surface area contributed by atoms with Gasteiger partial charge in [-0.3, -0.25) is 0 Å². The van der Waals surface area contributed by atoms with Crippen LogP contribution in [0.15, 0.2) is 0 Å². The number of esters is 1. The van der Waals surface area contributed by atoms with Crippen LogP contribution in [0.2, 0.25) is 0 Å². The standard InChI is InChI=1S/C9H15Cl3O2/c1-3-4-5-9(11,12)8(13)14-7(2)6-10/h7H,3-6H2,1-2H3. The molecule has 84 valence electrons. The molecule has 0 aromatic heterocycles. The van der Waals surface area contributed by atoms with Crippen molar-refractivity contribution in [3.05, 3.63) is 0 Å². The van der Waals surface area contributed by atoms with Crippen molar-refractivity contribution in [3.8, 4) is 0 Å². The quantitative estimate of drug-likeness (QED) is 0.540. The number of hydrogen-bond donors (Lipinski definition) is 0. The molecule has 1 atom stereocenters. The molecule has 1 unspecified atom stereocenters. The Bertz CT molecular complexity index is 183. The van der Waals surface area contributed by atoms with E-state index in [-0.39, 0.29) is 12.0 Å². The van der Waals surface area contributed by atoms with Crippen LogP contribution >= 0.6 is 34.8 Å². The first-order valence-corrected chi connectivity index (χ1v) is 5.88. The Labute approximate surface area is 99.8 Å². The molecule has 2 nitrogen and oxygen atoms in total. The largest absolute Gasteiger partial charge is 0.459 e. The van der Waals surface area contributed by atoms with Crippen LogP contribution in [0, 0.1) is 0 Å². The molecule has 0 rings (SSSR count). The van der Waals surface area contributed by atoms with Crippen molar-refractivity contribution < 1.29 is 9.53 Å². The van der Waals surface area contributed by atoms with Crippen LogP contribution in [0.1, 0.15) is 33.1 Å². The van der Waals surface area contributed by atoms with Gasteiger partial charge in [0.1, 0.15) is 6.10 Å². The average Bonchev–Trinajstić information content (AvgIpc) is 2.14. The Morgan fingerprint density at radius 2 is 2.07 bits per heavy atom. The lowest BCUT2D eigenvalue weighted by atomic mass is 10.2. The summed E-state index contributed by atoms with van der Waals surface area (Å²) in [5, 5.41) is 0. The van der Waals surface area contributed by atoms with Crippen molar-refractivity contribution in [1.29, 1.82) is 0 Å². The second-order valence-corrected chi connectivity index (χ2v) is 4.97. The van der Waals surface area contributed by atoms with E-state index in [0.717, 1.165) is 12.8 Å². The van der Waals surface area contributed by atoms with Gasteiger partial charge in [-0.25, -0.2) is 4.79 Å². The molecule has 0 bridgehead atoms. The molecular weight excluding hydrogens is 246 g/mol. The molecule has 0 fully saturated rings. The fourth-order valence-electron chi connectivity index (χ4n) is 0.801. The molecule has 0 spiro atoms. The third kappa shape index (κ3) is 5.28. The summed E-state index contributed by atoms with van der Waals surface area (Å²) in [5.74, 6) is -0.369. The third-order valence-electron chi connectivity index (χ3n) is 1.67. The lowest BCUT2D eigenvalue weighted by Crippen LogP contribution is -2.31. The first kappa shape index (κ1) is 14.3. The Morgan fingerprint density at radius 1 is 1.50 bits per heavy atom. The van der Waals surface area contributed by atoms with E-state index in [9.17, 15) is 4.79 Å². The Kier molecular flexibility index (Phi) is 6.92. The van der Waals surface area contributed by atoms with Crippen molar-refractivity contribution in [2.24, 2.45) is 0 Å². The number of rotatable bonds is 6. The monoisotopic (exact) mass is 260 g/mol. The highest BCUT2D eigenvalue weighted by Crippen LogP contribution is 2.29. The van der Waals surface area contributed by atoms with E-state index in [0.29, 0.717) is 6.42 Å². The molecule has 0 heterocycles. The van der Waals surface area contributed by atoms with E-state index in [1.807, 2.05) is 6.92 Å². The fraction of sp³-hybridized carbons (Fsp3) is 0.889. The minimum atomic E-state index is -1.43. The fourth-order valence-corrected chi connectivity index (χ4v) is 1.22. The van der Waals surface area contributed by atoms with Gasteiger partial charge >= 0.3 is 5.97 Å². The zero-order valence-corrected chi connectivity index (χ0v) is 10.6. The number of ether oxygens (including phenoxy) is 1. The lowest BCUT2D eigenvalue weighted by molar-refractivity contribution is -0.148. The summed E-state index contributed by atoms with van der Waals surface area (Å²) in [4.78, 5) is 11.4. The van der Waals surface area contributed by atoms with Gasteiger partial charge in [0.05, 0.1) is 5.88 Å². The van der Waals surface area contributed by atoms with Crippen LogP contribution in [-0.4, -0.2) is 22.3 Å². The first-order valence-electron chi connectivity index (χ1n) is 4.59. The smallest absolute Gasteiger partial charge is 0.342 e. The molecule has 0 saturated carbocycles. The van der Waals surface area contributed by atoms with E-state index in [4.69, 9.17) is 39.5 Å². The zero-order chi connectivity index (χ0) is 11.2. The van der Waals surface area contributed by atoms with Crippen molar-refractivity contribution in [1.82, 2.24) is 0 Å². The molecule has 0 aliphatic carbocycles. The predicted octanol–water partition coefficient (Wildman–Crippen LogP) is 3.52. The molecule has 5 heteroatoms. The number of unbranched alkanes of at least 4 members (excludes halogenated alkanes) is 1.